The zero-order valence-electron chi connectivity index (χ0n) is 15.6. The first-order valence-electron chi connectivity index (χ1n) is 9.41. The van der Waals surface area contributed by atoms with Crippen molar-refractivity contribution in [1.29, 1.82) is 0 Å². The fourth-order valence-corrected chi connectivity index (χ4v) is 3.46. The van der Waals surface area contributed by atoms with Crippen molar-refractivity contribution in [2.75, 3.05) is 59.7 Å². The molecular weight excluding hydrogens is 334 g/mol. The average molecular weight is 365 g/mol. The highest BCUT2D eigenvalue weighted by Crippen LogP contribution is 2.29. The van der Waals surface area contributed by atoms with Crippen molar-refractivity contribution in [2.24, 2.45) is 5.73 Å². The average Bonchev–Trinajstić information content (AvgIpc) is 2.66. The second-order valence-electron chi connectivity index (χ2n) is 7.04. The van der Waals surface area contributed by atoms with Crippen LogP contribution in [0.3, 0.4) is 0 Å². The number of hydrogen-bond acceptors (Lipinski definition) is 7. The van der Waals surface area contributed by atoms with E-state index >= 15 is 0 Å². The number of methoxy groups -OCH3 is 1. The Balaban J connectivity index is 1.55. The van der Waals surface area contributed by atoms with Gasteiger partial charge in [0.25, 0.3) is 0 Å². The topological polar surface area (TPSA) is 80.4 Å². The monoisotopic (exact) mass is 365 g/mol. The summed E-state index contributed by atoms with van der Waals surface area (Å²) in [5.41, 5.74) is 7.04. The summed E-state index contributed by atoms with van der Waals surface area (Å²) in [5.74, 6) is 1.52. The van der Waals surface area contributed by atoms with Crippen LogP contribution < -0.4 is 15.2 Å². The number of ether oxygens (including phenoxy) is 3. The van der Waals surface area contributed by atoms with Gasteiger partial charge >= 0.3 is 0 Å². The molecule has 0 bridgehead atoms. The third-order valence-corrected chi connectivity index (χ3v) is 5.12. The smallest absolute Gasteiger partial charge is 0.161 e. The second-order valence-corrected chi connectivity index (χ2v) is 7.04. The van der Waals surface area contributed by atoms with E-state index in [1.165, 1.54) is 0 Å². The molecule has 0 saturated carbocycles. The molecule has 1 aromatic rings. The predicted molar refractivity (Wildman–Crippen MR) is 99.6 cm³/mol. The Kier molecular flexibility index (Phi) is 7.10. The van der Waals surface area contributed by atoms with Crippen molar-refractivity contribution < 1.29 is 19.3 Å². The Morgan fingerprint density at radius 1 is 1.19 bits per heavy atom. The van der Waals surface area contributed by atoms with Crippen LogP contribution in [0.25, 0.3) is 0 Å². The second kappa shape index (κ2) is 9.53. The summed E-state index contributed by atoms with van der Waals surface area (Å²) in [7, 11) is 1.66. The fourth-order valence-electron chi connectivity index (χ4n) is 3.46. The first-order chi connectivity index (χ1) is 12.7. The van der Waals surface area contributed by atoms with E-state index in [0.29, 0.717) is 13.2 Å². The molecule has 2 heterocycles. The lowest BCUT2D eigenvalue weighted by Crippen LogP contribution is -2.50. The van der Waals surface area contributed by atoms with Gasteiger partial charge in [0.2, 0.25) is 0 Å². The maximum atomic E-state index is 9.98. The Bertz CT molecular complexity index is 566. The third-order valence-electron chi connectivity index (χ3n) is 5.12. The minimum Gasteiger partial charge on any atom is -0.493 e. The van der Waals surface area contributed by atoms with Gasteiger partial charge in [-0.3, -0.25) is 9.80 Å². The van der Waals surface area contributed by atoms with Gasteiger partial charge in [0.15, 0.2) is 11.5 Å². The van der Waals surface area contributed by atoms with Crippen molar-refractivity contribution >= 4 is 0 Å². The molecule has 0 radical (unpaired) electrons. The minimum atomic E-state index is -0.453. The number of β-amino-alcohol motifs (C(OH)–C–C–N with tert-alkyl or cyclic N) is 1. The van der Waals surface area contributed by atoms with E-state index in [0.717, 1.165) is 69.4 Å². The van der Waals surface area contributed by atoms with Gasteiger partial charge in [-0.2, -0.15) is 0 Å². The van der Waals surface area contributed by atoms with Crippen molar-refractivity contribution in [1.82, 2.24) is 9.80 Å². The molecule has 2 aliphatic rings. The Labute approximate surface area is 155 Å². The molecular formula is C19H31N3O4. The van der Waals surface area contributed by atoms with Gasteiger partial charge in [-0.05, 0) is 24.1 Å². The van der Waals surface area contributed by atoms with Crippen LogP contribution in [0.5, 0.6) is 11.5 Å². The van der Waals surface area contributed by atoms with Gasteiger partial charge in [0, 0.05) is 45.3 Å². The molecule has 7 nitrogen and oxygen atoms in total. The molecule has 3 rings (SSSR count). The lowest BCUT2D eigenvalue weighted by molar-refractivity contribution is 0.0321. The molecule has 0 aromatic heterocycles. The van der Waals surface area contributed by atoms with Crippen LogP contribution in [0.15, 0.2) is 18.2 Å². The third kappa shape index (κ3) is 5.31. The highest BCUT2D eigenvalue weighted by Gasteiger charge is 2.24. The Hall–Kier alpha value is -1.38. The number of nitrogens with zero attached hydrogens (tertiary/aromatic N) is 2. The van der Waals surface area contributed by atoms with Crippen molar-refractivity contribution in [3.05, 3.63) is 23.8 Å². The van der Waals surface area contributed by atoms with E-state index in [1.54, 1.807) is 7.11 Å². The zero-order valence-corrected chi connectivity index (χ0v) is 15.6. The molecule has 2 saturated heterocycles. The van der Waals surface area contributed by atoms with Crippen LogP contribution >= 0.6 is 0 Å². The number of aliphatic hydroxyl groups is 1. The quantitative estimate of drug-likeness (QED) is 0.719. The Morgan fingerprint density at radius 2 is 2.00 bits per heavy atom. The van der Waals surface area contributed by atoms with E-state index in [2.05, 4.69) is 15.9 Å². The number of piperidine rings is 1. The van der Waals surface area contributed by atoms with Crippen LogP contribution in [-0.4, -0.2) is 86.7 Å². The maximum Gasteiger partial charge on any atom is 0.161 e. The SMILES string of the molecule is COc1ccc(CN2CC[C@@H](N)[C@H](O)C2)cc1OCCN1CCOCC1. The standard InChI is InChI=1S/C19H31N3O4/c1-24-18-3-2-15(13-22-5-4-16(20)17(23)14-22)12-19(18)26-11-8-21-6-9-25-10-7-21/h2-3,12,16-17,23H,4-11,13-14,20H2,1H3/t16-,17-/m1/s1. The number of rotatable bonds is 7. The van der Waals surface area contributed by atoms with Crippen LogP contribution in [0, 0.1) is 0 Å². The molecule has 2 fully saturated rings. The molecule has 7 heteroatoms. The normalized spacial score (nSPS) is 25.2. The number of hydrogen-bond donors (Lipinski definition) is 2. The summed E-state index contributed by atoms with van der Waals surface area (Å²) >= 11 is 0. The largest absolute Gasteiger partial charge is 0.493 e. The predicted octanol–water partition coefficient (Wildman–Crippen LogP) is 0.300. The van der Waals surface area contributed by atoms with Crippen LogP contribution in [0.2, 0.25) is 0 Å². The highest BCUT2D eigenvalue weighted by molar-refractivity contribution is 5.43. The zero-order chi connectivity index (χ0) is 18.4. The van der Waals surface area contributed by atoms with E-state index < -0.39 is 6.10 Å². The molecule has 146 valence electrons. The first kappa shape index (κ1) is 19.4. The summed E-state index contributed by atoms with van der Waals surface area (Å²) in [6, 6.07) is 5.93. The fraction of sp³-hybridized carbons (Fsp3) is 0.684. The van der Waals surface area contributed by atoms with Gasteiger partial charge in [0.1, 0.15) is 6.61 Å². The molecule has 2 aliphatic heterocycles. The van der Waals surface area contributed by atoms with Gasteiger partial charge in [-0.1, -0.05) is 6.07 Å². The van der Waals surface area contributed by atoms with Crippen molar-refractivity contribution in [3.8, 4) is 11.5 Å². The number of nitrogens with two attached hydrogens (primary N) is 1. The molecule has 0 unspecified atom stereocenters. The number of morpholine rings is 1. The van der Waals surface area contributed by atoms with E-state index in [4.69, 9.17) is 19.9 Å². The molecule has 0 amide bonds. The summed E-state index contributed by atoms with van der Waals surface area (Å²) in [4.78, 5) is 4.57. The molecule has 3 N–H and O–H groups in total. The molecule has 26 heavy (non-hydrogen) atoms. The van der Waals surface area contributed by atoms with E-state index in [9.17, 15) is 5.11 Å². The molecule has 2 atom stereocenters. The van der Waals surface area contributed by atoms with Crippen LogP contribution in [0.4, 0.5) is 0 Å². The minimum absolute atomic E-state index is 0.110. The summed E-state index contributed by atoms with van der Waals surface area (Å²) < 4.78 is 16.8. The first-order valence-corrected chi connectivity index (χ1v) is 9.41. The van der Waals surface area contributed by atoms with Crippen molar-refractivity contribution in [3.63, 3.8) is 0 Å². The van der Waals surface area contributed by atoms with Crippen molar-refractivity contribution in [2.45, 2.75) is 25.1 Å². The van der Waals surface area contributed by atoms with E-state index in [-0.39, 0.29) is 6.04 Å². The van der Waals surface area contributed by atoms with Gasteiger partial charge in [-0.15, -0.1) is 0 Å². The lowest BCUT2D eigenvalue weighted by atomic mass is 10.0. The summed E-state index contributed by atoms with van der Waals surface area (Å²) in [6.07, 6.45) is 0.367. The van der Waals surface area contributed by atoms with Crippen LogP contribution in [-0.2, 0) is 11.3 Å². The molecule has 0 aliphatic carbocycles. The van der Waals surface area contributed by atoms with Gasteiger partial charge in [0.05, 0.1) is 26.4 Å². The summed E-state index contributed by atoms with van der Waals surface area (Å²) in [6.45, 7) is 7.30. The number of aliphatic hydroxyl groups excluding tert-OH is 1. The molecule has 0 spiro atoms. The van der Waals surface area contributed by atoms with E-state index in [1.807, 2.05) is 12.1 Å². The maximum absolute atomic E-state index is 9.98. The number of likely N-dealkylation sites (tertiary alicyclic amines) is 1. The van der Waals surface area contributed by atoms with Crippen LogP contribution in [0.1, 0.15) is 12.0 Å². The number of benzene rings is 1. The summed E-state index contributed by atoms with van der Waals surface area (Å²) in [5, 5.41) is 9.98. The lowest BCUT2D eigenvalue weighted by Gasteiger charge is -2.34. The van der Waals surface area contributed by atoms with Gasteiger partial charge in [-0.25, -0.2) is 0 Å². The highest BCUT2D eigenvalue weighted by atomic mass is 16.5. The van der Waals surface area contributed by atoms with Gasteiger partial charge < -0.3 is 25.1 Å². The Morgan fingerprint density at radius 3 is 2.73 bits per heavy atom. The molecule has 1 aromatic carbocycles.